The van der Waals surface area contributed by atoms with E-state index in [1.165, 1.54) is 128 Å². The van der Waals surface area contributed by atoms with Gasteiger partial charge in [0, 0.05) is 0 Å². The Kier molecular flexibility index (Phi) is 24.2. The van der Waals surface area contributed by atoms with Crippen LogP contribution in [0.25, 0.3) is 0 Å². The second-order valence-electron chi connectivity index (χ2n) is 24.9. The molecule has 0 heterocycles. The van der Waals surface area contributed by atoms with Crippen molar-refractivity contribution in [2.75, 3.05) is 0 Å². The molecule has 56 heavy (non-hydrogen) atoms. The van der Waals surface area contributed by atoms with E-state index >= 15 is 0 Å². The van der Waals surface area contributed by atoms with Crippen molar-refractivity contribution in [1.29, 1.82) is 0 Å². The average Bonchev–Trinajstić information content (AvgIpc) is 3.11. The smallest absolute Gasteiger partial charge is 0.0328 e. The molecule has 8 rings (SSSR count). The highest BCUT2D eigenvalue weighted by Crippen LogP contribution is 2.46. The quantitative estimate of drug-likeness (QED) is 0.266. The monoisotopic (exact) mass is 785 g/mol. The van der Waals surface area contributed by atoms with E-state index in [-0.39, 0.29) is 0 Å². The maximum Gasteiger partial charge on any atom is -0.0328 e. The van der Waals surface area contributed by atoms with Crippen molar-refractivity contribution in [3.05, 3.63) is 0 Å². The summed E-state index contributed by atoms with van der Waals surface area (Å²) in [5.41, 5.74) is 2.82. The van der Waals surface area contributed by atoms with Crippen LogP contribution in [-0.2, 0) is 0 Å². The van der Waals surface area contributed by atoms with Crippen LogP contribution in [0.1, 0.15) is 267 Å². The normalized spacial score (nSPS) is 37.8. The zero-order valence-corrected chi connectivity index (χ0v) is 43.1. The van der Waals surface area contributed by atoms with Gasteiger partial charge in [-0.2, -0.15) is 0 Å². The first-order chi connectivity index (χ1) is 25.9. The Labute approximate surface area is 358 Å². The Bertz CT molecular complexity index is 911. The molecular weight excluding hydrogens is 673 g/mol. The van der Waals surface area contributed by atoms with Crippen LogP contribution in [0.5, 0.6) is 0 Å². The van der Waals surface area contributed by atoms with E-state index in [1.54, 1.807) is 0 Å². The van der Waals surface area contributed by atoms with Crippen LogP contribution >= 0.6 is 0 Å². The molecule has 0 radical (unpaired) electrons. The van der Waals surface area contributed by atoms with E-state index in [0.717, 1.165) is 76.4 Å². The van der Waals surface area contributed by atoms with Crippen LogP contribution < -0.4 is 0 Å². The fourth-order valence-electron chi connectivity index (χ4n) is 10.4. The van der Waals surface area contributed by atoms with Gasteiger partial charge in [-0.3, -0.25) is 0 Å². The predicted octanol–water partition coefficient (Wildman–Crippen LogP) is 19.5. The van der Waals surface area contributed by atoms with Crippen LogP contribution in [0.15, 0.2) is 0 Å². The summed E-state index contributed by atoms with van der Waals surface area (Å²) in [6, 6.07) is 0. The molecule has 8 aliphatic carbocycles. The third kappa shape index (κ3) is 19.1. The third-order valence-electron chi connectivity index (χ3n) is 18.6. The van der Waals surface area contributed by atoms with Crippen molar-refractivity contribution in [1.82, 2.24) is 0 Å². The molecule has 0 N–H and O–H groups in total. The van der Waals surface area contributed by atoms with Gasteiger partial charge in [-0.05, 0) is 176 Å². The van der Waals surface area contributed by atoms with Crippen molar-refractivity contribution in [3.63, 3.8) is 0 Å². The van der Waals surface area contributed by atoms with Gasteiger partial charge in [-0.1, -0.05) is 183 Å². The van der Waals surface area contributed by atoms with E-state index in [0.29, 0.717) is 16.2 Å². The van der Waals surface area contributed by atoms with Gasteiger partial charge in [0.2, 0.25) is 0 Å². The van der Waals surface area contributed by atoms with Crippen molar-refractivity contribution in [2.45, 2.75) is 267 Å². The zero-order valence-electron chi connectivity index (χ0n) is 43.1. The molecule has 0 heteroatoms. The highest BCUT2D eigenvalue weighted by molar-refractivity contribution is 4.86. The maximum atomic E-state index is 2.39. The Hall–Kier alpha value is 0. The minimum Gasteiger partial charge on any atom is -0.0651 e. The van der Waals surface area contributed by atoms with Crippen LogP contribution in [-0.4, -0.2) is 0 Å². The highest BCUT2D eigenvalue weighted by atomic mass is 14.4. The molecule has 0 amide bonds. The summed E-state index contributed by atoms with van der Waals surface area (Å²) in [6.45, 7) is 46.7. The second kappa shape index (κ2) is 25.1. The van der Waals surface area contributed by atoms with E-state index in [4.69, 9.17) is 0 Å². The molecule has 8 saturated carbocycles. The van der Waals surface area contributed by atoms with E-state index < -0.39 is 0 Å². The van der Waals surface area contributed by atoms with Gasteiger partial charge in [0.05, 0.1) is 0 Å². The van der Waals surface area contributed by atoms with Gasteiger partial charge >= 0.3 is 0 Å². The molecule has 0 aromatic carbocycles. The molecule has 0 saturated heterocycles. The lowest BCUT2D eigenvalue weighted by Gasteiger charge is -2.42. The largest absolute Gasteiger partial charge is 0.0651 e. The highest BCUT2D eigenvalue weighted by Gasteiger charge is 2.35. The summed E-state index contributed by atoms with van der Waals surface area (Å²) in [5.74, 6) is 12.4. The van der Waals surface area contributed by atoms with Crippen molar-refractivity contribution >= 4 is 0 Å². The third-order valence-corrected chi connectivity index (χ3v) is 18.6. The van der Waals surface area contributed by atoms with Crippen molar-refractivity contribution < 1.29 is 0 Å². The SMILES string of the molecule is CC1CC(C)(C)C1.CC1CCC1(C)C.CC1C[C@H](C)C1C.CCC1(C)CCC1.CCC1CC(C)C1.CCC1CCC1C.CCC1CC[C@@H]1C.C[C@H]1CCC1(C)C. The molecule has 0 bridgehead atoms. The Balaban J connectivity index is 0.000000320. The van der Waals surface area contributed by atoms with Crippen molar-refractivity contribution in [3.8, 4) is 0 Å². The number of hydrogen-bond donors (Lipinski definition) is 0. The van der Waals surface area contributed by atoms with Gasteiger partial charge in [0.1, 0.15) is 0 Å². The summed E-state index contributed by atoms with van der Waals surface area (Å²) < 4.78 is 0. The molecule has 8 fully saturated rings. The molecule has 0 aromatic rings. The minimum atomic E-state index is 0.681. The van der Waals surface area contributed by atoms with E-state index in [9.17, 15) is 0 Å². The van der Waals surface area contributed by atoms with Gasteiger partial charge in [0.15, 0.2) is 0 Å². The average molecular weight is 786 g/mol. The Morgan fingerprint density at radius 2 is 0.821 bits per heavy atom. The molecular formula is C56H112. The number of hydrogen-bond acceptors (Lipinski definition) is 0. The molecule has 0 aliphatic heterocycles. The topological polar surface area (TPSA) is 0 Å². The first-order valence-corrected chi connectivity index (χ1v) is 25.9. The van der Waals surface area contributed by atoms with Crippen LogP contribution in [0.3, 0.4) is 0 Å². The molecule has 9 atom stereocenters. The second-order valence-corrected chi connectivity index (χ2v) is 24.9. The fraction of sp³-hybridized carbons (Fsp3) is 1.00. The fourth-order valence-corrected chi connectivity index (χ4v) is 10.4. The van der Waals surface area contributed by atoms with Crippen LogP contribution in [0.2, 0.25) is 0 Å². The zero-order chi connectivity index (χ0) is 43.1. The minimum absolute atomic E-state index is 0.681. The van der Waals surface area contributed by atoms with Gasteiger partial charge in [0.25, 0.3) is 0 Å². The Morgan fingerprint density at radius 1 is 0.429 bits per heavy atom. The first-order valence-electron chi connectivity index (χ1n) is 25.9. The van der Waals surface area contributed by atoms with Crippen LogP contribution in [0, 0.1) is 92.7 Å². The lowest BCUT2D eigenvalue weighted by Crippen LogP contribution is -2.31. The molecule has 6 unspecified atom stereocenters. The van der Waals surface area contributed by atoms with Gasteiger partial charge in [-0.25, -0.2) is 0 Å². The maximum absolute atomic E-state index is 2.39. The Morgan fingerprint density at radius 3 is 0.839 bits per heavy atom. The molecule has 0 nitrogen and oxygen atoms in total. The van der Waals surface area contributed by atoms with Crippen LogP contribution in [0.4, 0.5) is 0 Å². The molecule has 8 aliphatic rings. The standard InChI is InChI=1S/8C7H14/c1-6-4-7(2,3)5-6;2*1-6-4-5-7(6,2)3;1-5-4-6(2)7(5)3;1-3-7-4-6(2)5-7;1-3-7(2)5-4-6-7;2*1-3-7-5-4-6(7)2/h3*6H,4-5H2,1-3H3;5-7H,4H2,1-3H3;6-7H,3-5H2,1-2H3;3-6H2,1-2H3;2*6-7H,3-5H2,1-2H3/t;6-;;5-,6?,7?;;;6-,7?;/m.0.0..0./s1. The summed E-state index contributed by atoms with van der Waals surface area (Å²) in [7, 11) is 0. The predicted molar refractivity (Wildman–Crippen MR) is 257 cm³/mol. The van der Waals surface area contributed by atoms with Gasteiger partial charge in [-0.15, -0.1) is 0 Å². The first kappa shape index (κ1) is 54.0. The summed E-state index contributed by atoms with van der Waals surface area (Å²) in [6.07, 6.45) is 29.1. The lowest BCUT2D eigenvalue weighted by molar-refractivity contribution is 0.0891. The van der Waals surface area contributed by atoms with E-state index in [1.807, 2.05) is 0 Å². The summed E-state index contributed by atoms with van der Waals surface area (Å²) >= 11 is 0. The van der Waals surface area contributed by atoms with Crippen molar-refractivity contribution in [2.24, 2.45) is 92.7 Å². The van der Waals surface area contributed by atoms with Gasteiger partial charge < -0.3 is 0 Å². The molecule has 336 valence electrons. The summed E-state index contributed by atoms with van der Waals surface area (Å²) in [5, 5.41) is 0. The van der Waals surface area contributed by atoms with E-state index in [2.05, 4.69) is 138 Å². The molecule has 0 spiro atoms. The lowest BCUT2D eigenvalue weighted by atomic mass is 9.64. The molecule has 0 aromatic heterocycles. The number of rotatable bonds is 4. The summed E-state index contributed by atoms with van der Waals surface area (Å²) in [4.78, 5) is 0.